The molecule has 3 aromatic rings. The molecule has 27 heavy (non-hydrogen) atoms. The van der Waals surface area contributed by atoms with Gasteiger partial charge in [0, 0.05) is 11.4 Å². The average Bonchev–Trinajstić information content (AvgIpc) is 2.94. The number of hydrogen-bond donors (Lipinski definition) is 1. The highest BCUT2D eigenvalue weighted by Crippen LogP contribution is 2.29. The highest BCUT2D eigenvalue weighted by atomic mass is 16.6. The van der Waals surface area contributed by atoms with Crippen LogP contribution < -0.4 is 10.1 Å². The Morgan fingerprint density at radius 1 is 1.19 bits per heavy atom. The number of nitrogens with one attached hydrogen (secondary N) is 1. The van der Waals surface area contributed by atoms with Gasteiger partial charge in [-0.3, -0.25) is 10.1 Å². The standard InChI is InChI=1S/C18H20N6O3/c1-5-27-15-8-6-14(7-9-15)20-17-16(24(25)26)13(4)19-18(21-17)23-12(3)10-11(2)22-23/h6-10H,5H2,1-4H3,(H,19,20,21). The molecule has 9 nitrogen and oxygen atoms in total. The highest BCUT2D eigenvalue weighted by molar-refractivity contribution is 5.67. The van der Waals surface area contributed by atoms with Gasteiger partial charge in [-0.05, 0) is 58.0 Å². The Hall–Kier alpha value is -3.49. The van der Waals surface area contributed by atoms with Gasteiger partial charge in [-0.2, -0.15) is 10.1 Å². The maximum absolute atomic E-state index is 11.5. The molecule has 0 spiro atoms. The molecule has 0 amide bonds. The molecular formula is C18H20N6O3. The Balaban J connectivity index is 2.03. The summed E-state index contributed by atoms with van der Waals surface area (Å²) in [6.45, 7) is 7.79. The van der Waals surface area contributed by atoms with E-state index in [2.05, 4.69) is 20.4 Å². The van der Waals surface area contributed by atoms with Crippen LogP contribution in [0.5, 0.6) is 5.75 Å². The fraction of sp³-hybridized carbons (Fsp3) is 0.278. The molecule has 0 atom stereocenters. The van der Waals surface area contributed by atoms with Crippen molar-refractivity contribution in [1.29, 1.82) is 0 Å². The van der Waals surface area contributed by atoms with E-state index < -0.39 is 4.92 Å². The van der Waals surface area contributed by atoms with Crippen molar-refractivity contribution in [1.82, 2.24) is 19.7 Å². The summed E-state index contributed by atoms with van der Waals surface area (Å²) in [5, 5.41) is 18.9. The van der Waals surface area contributed by atoms with Crippen LogP contribution in [0.25, 0.3) is 5.95 Å². The molecule has 1 N–H and O–H groups in total. The molecule has 0 radical (unpaired) electrons. The second kappa shape index (κ2) is 7.40. The maximum atomic E-state index is 11.5. The summed E-state index contributed by atoms with van der Waals surface area (Å²) in [4.78, 5) is 19.7. The van der Waals surface area contributed by atoms with Gasteiger partial charge in [0.05, 0.1) is 17.2 Å². The number of aromatic nitrogens is 4. The zero-order chi connectivity index (χ0) is 19.6. The van der Waals surface area contributed by atoms with E-state index >= 15 is 0 Å². The van der Waals surface area contributed by atoms with Crippen molar-refractivity contribution >= 4 is 17.2 Å². The fourth-order valence-corrected chi connectivity index (χ4v) is 2.72. The Labute approximate surface area is 156 Å². The minimum absolute atomic E-state index is 0.110. The van der Waals surface area contributed by atoms with Crippen LogP contribution in [0.3, 0.4) is 0 Å². The minimum Gasteiger partial charge on any atom is -0.494 e. The second-order valence-electron chi connectivity index (χ2n) is 5.98. The van der Waals surface area contributed by atoms with Crippen LogP contribution in [0.15, 0.2) is 30.3 Å². The molecule has 0 bridgehead atoms. The van der Waals surface area contributed by atoms with Crippen LogP contribution in [0.1, 0.15) is 24.0 Å². The SMILES string of the molecule is CCOc1ccc(Nc2nc(-n3nc(C)cc3C)nc(C)c2[N+](=O)[O-])cc1. The lowest BCUT2D eigenvalue weighted by atomic mass is 10.3. The first-order chi connectivity index (χ1) is 12.9. The van der Waals surface area contributed by atoms with E-state index in [4.69, 9.17) is 4.74 Å². The normalized spacial score (nSPS) is 10.7. The molecule has 140 valence electrons. The van der Waals surface area contributed by atoms with E-state index in [1.54, 1.807) is 35.9 Å². The van der Waals surface area contributed by atoms with Gasteiger partial charge in [0.1, 0.15) is 11.4 Å². The first-order valence-corrected chi connectivity index (χ1v) is 8.45. The van der Waals surface area contributed by atoms with Gasteiger partial charge >= 0.3 is 5.69 Å². The fourth-order valence-electron chi connectivity index (χ4n) is 2.72. The number of hydrogen-bond acceptors (Lipinski definition) is 7. The smallest absolute Gasteiger partial charge is 0.332 e. The van der Waals surface area contributed by atoms with Gasteiger partial charge in [0.25, 0.3) is 5.95 Å². The molecule has 2 heterocycles. The predicted molar refractivity (Wildman–Crippen MR) is 101 cm³/mol. The number of aryl methyl sites for hydroxylation is 3. The summed E-state index contributed by atoms with van der Waals surface area (Å²) < 4.78 is 6.98. The molecule has 9 heteroatoms. The summed E-state index contributed by atoms with van der Waals surface area (Å²) in [6.07, 6.45) is 0. The zero-order valence-corrected chi connectivity index (χ0v) is 15.6. The number of nitrogens with zero attached hydrogens (tertiary/aromatic N) is 5. The lowest BCUT2D eigenvalue weighted by molar-refractivity contribution is -0.385. The van der Waals surface area contributed by atoms with Gasteiger partial charge in [-0.1, -0.05) is 0 Å². The third-order valence-corrected chi connectivity index (χ3v) is 3.86. The summed E-state index contributed by atoms with van der Waals surface area (Å²) >= 11 is 0. The molecule has 0 saturated carbocycles. The van der Waals surface area contributed by atoms with Crippen molar-refractivity contribution in [3.8, 4) is 11.7 Å². The van der Waals surface area contributed by atoms with Crippen molar-refractivity contribution in [2.24, 2.45) is 0 Å². The van der Waals surface area contributed by atoms with E-state index in [0.29, 0.717) is 12.3 Å². The van der Waals surface area contributed by atoms with Crippen LogP contribution in [0.4, 0.5) is 17.2 Å². The molecule has 0 unspecified atom stereocenters. The van der Waals surface area contributed by atoms with E-state index in [1.807, 2.05) is 26.8 Å². The first kappa shape index (κ1) is 18.3. The number of anilines is 2. The molecule has 1 aromatic carbocycles. The lowest BCUT2D eigenvalue weighted by Crippen LogP contribution is -2.11. The lowest BCUT2D eigenvalue weighted by Gasteiger charge is -2.11. The van der Waals surface area contributed by atoms with Gasteiger partial charge in [0.2, 0.25) is 5.82 Å². The van der Waals surface area contributed by atoms with Gasteiger partial charge in [0.15, 0.2) is 0 Å². The Morgan fingerprint density at radius 3 is 2.44 bits per heavy atom. The Bertz CT molecular complexity index is 982. The van der Waals surface area contributed by atoms with Gasteiger partial charge in [-0.25, -0.2) is 9.67 Å². The third kappa shape index (κ3) is 3.86. The average molecular weight is 368 g/mol. The second-order valence-corrected chi connectivity index (χ2v) is 5.98. The third-order valence-electron chi connectivity index (χ3n) is 3.86. The number of benzene rings is 1. The van der Waals surface area contributed by atoms with Crippen LogP contribution in [0, 0.1) is 30.9 Å². The van der Waals surface area contributed by atoms with Crippen molar-refractivity contribution < 1.29 is 9.66 Å². The first-order valence-electron chi connectivity index (χ1n) is 8.45. The monoisotopic (exact) mass is 368 g/mol. The highest BCUT2D eigenvalue weighted by Gasteiger charge is 2.23. The van der Waals surface area contributed by atoms with Gasteiger partial charge in [-0.15, -0.1) is 0 Å². The van der Waals surface area contributed by atoms with E-state index in [1.165, 1.54) is 0 Å². The quantitative estimate of drug-likeness (QED) is 0.522. The van der Waals surface area contributed by atoms with E-state index in [-0.39, 0.29) is 23.1 Å². The van der Waals surface area contributed by atoms with Crippen LogP contribution in [-0.4, -0.2) is 31.3 Å². The minimum atomic E-state index is -0.489. The maximum Gasteiger partial charge on any atom is 0.332 e. The van der Waals surface area contributed by atoms with Crippen molar-refractivity contribution in [2.45, 2.75) is 27.7 Å². The van der Waals surface area contributed by atoms with Crippen LogP contribution >= 0.6 is 0 Å². The van der Waals surface area contributed by atoms with Crippen molar-refractivity contribution in [3.63, 3.8) is 0 Å². The topological polar surface area (TPSA) is 108 Å². The molecule has 0 saturated heterocycles. The molecular weight excluding hydrogens is 348 g/mol. The van der Waals surface area contributed by atoms with Gasteiger partial charge < -0.3 is 10.1 Å². The summed E-state index contributed by atoms with van der Waals surface area (Å²) in [7, 11) is 0. The van der Waals surface area contributed by atoms with Crippen LogP contribution in [-0.2, 0) is 0 Å². The number of rotatable bonds is 6. The van der Waals surface area contributed by atoms with E-state index in [0.717, 1.165) is 17.1 Å². The van der Waals surface area contributed by atoms with Crippen molar-refractivity contribution in [3.05, 3.63) is 57.5 Å². The largest absolute Gasteiger partial charge is 0.494 e. The summed E-state index contributed by atoms with van der Waals surface area (Å²) in [5.41, 5.74) is 2.39. The molecule has 0 aliphatic heterocycles. The van der Waals surface area contributed by atoms with E-state index in [9.17, 15) is 10.1 Å². The Morgan fingerprint density at radius 2 is 1.89 bits per heavy atom. The number of ether oxygens (including phenoxy) is 1. The Kier molecular flexibility index (Phi) is 5.02. The molecule has 0 aliphatic carbocycles. The molecule has 0 fully saturated rings. The number of nitro groups is 1. The van der Waals surface area contributed by atoms with Crippen LogP contribution in [0.2, 0.25) is 0 Å². The zero-order valence-electron chi connectivity index (χ0n) is 15.6. The predicted octanol–water partition coefficient (Wildman–Crippen LogP) is 3.64. The molecule has 2 aromatic heterocycles. The van der Waals surface area contributed by atoms with Crippen molar-refractivity contribution in [2.75, 3.05) is 11.9 Å². The summed E-state index contributed by atoms with van der Waals surface area (Å²) in [5.74, 6) is 1.11. The summed E-state index contributed by atoms with van der Waals surface area (Å²) in [6, 6.07) is 9.01. The molecule has 3 rings (SSSR count). The molecule has 0 aliphatic rings.